The first kappa shape index (κ1) is 8.43. The molecule has 0 N–H and O–H groups in total. The highest BCUT2D eigenvalue weighted by Gasteiger charge is 2.13. The zero-order chi connectivity index (χ0) is 10.1. The van der Waals surface area contributed by atoms with Crippen LogP contribution in [-0.2, 0) is 0 Å². The highest BCUT2D eigenvalue weighted by Crippen LogP contribution is 2.22. The summed E-state index contributed by atoms with van der Waals surface area (Å²) in [4.78, 5) is 20.9. The lowest BCUT2D eigenvalue weighted by atomic mass is 10.2. The Morgan fingerprint density at radius 3 is 2.71 bits per heavy atom. The van der Waals surface area contributed by atoms with Gasteiger partial charge in [-0.3, -0.25) is 10.1 Å². The van der Waals surface area contributed by atoms with Crippen LogP contribution in [-0.4, -0.2) is 4.92 Å². The molecule has 0 aliphatic rings. The Balaban J connectivity index is 2.94. The van der Waals surface area contributed by atoms with E-state index in [1.54, 1.807) is 12.1 Å². The molecule has 0 unspecified atom stereocenters. The second-order valence-electron chi connectivity index (χ2n) is 2.70. The van der Waals surface area contributed by atoms with Gasteiger partial charge in [0.05, 0.1) is 10.3 Å². The van der Waals surface area contributed by atoms with E-state index in [2.05, 4.69) is 0 Å². The van der Waals surface area contributed by atoms with Gasteiger partial charge in [0.25, 0.3) is 5.69 Å². The zero-order valence-corrected chi connectivity index (χ0v) is 6.97. The maximum Gasteiger partial charge on any atom is 0.343 e. The summed E-state index contributed by atoms with van der Waals surface area (Å²) in [5, 5.41) is 10.9. The smallest absolute Gasteiger partial charge is 0.343 e. The fourth-order valence-electron chi connectivity index (χ4n) is 1.25. The Kier molecular flexibility index (Phi) is 1.78. The van der Waals surface area contributed by atoms with Crippen molar-refractivity contribution < 1.29 is 9.34 Å². The molecule has 0 amide bonds. The van der Waals surface area contributed by atoms with Gasteiger partial charge in [-0.2, -0.15) is 0 Å². The van der Waals surface area contributed by atoms with Crippen molar-refractivity contribution in [2.45, 2.75) is 0 Å². The van der Waals surface area contributed by atoms with Crippen molar-refractivity contribution in [2.24, 2.45) is 0 Å². The molecule has 0 bridgehead atoms. The van der Waals surface area contributed by atoms with Crippen LogP contribution in [0.2, 0.25) is 0 Å². The molecule has 0 fully saturated rings. The van der Waals surface area contributed by atoms with Gasteiger partial charge in [-0.05, 0) is 12.1 Å². The van der Waals surface area contributed by atoms with Gasteiger partial charge in [0, 0.05) is 0 Å². The minimum Gasteiger partial charge on any atom is -0.422 e. The molecule has 70 valence electrons. The first-order chi connectivity index (χ1) is 6.68. The lowest BCUT2D eigenvalue weighted by molar-refractivity contribution is -0.383. The Morgan fingerprint density at radius 1 is 1.29 bits per heavy atom. The number of para-hydroxylation sites is 1. The maximum atomic E-state index is 10.9. The average molecular weight is 191 g/mol. The molecule has 0 spiro atoms. The summed E-state index contributed by atoms with van der Waals surface area (Å²) in [7, 11) is 0. The molecule has 0 saturated heterocycles. The predicted molar refractivity (Wildman–Crippen MR) is 49.1 cm³/mol. The molecule has 5 heteroatoms. The quantitative estimate of drug-likeness (QED) is 0.390. The number of nitrogens with zero attached hydrogens (tertiary/aromatic N) is 1. The average Bonchev–Trinajstić information content (AvgIpc) is 2.16. The van der Waals surface area contributed by atoms with Gasteiger partial charge in [-0.1, -0.05) is 12.1 Å². The highest BCUT2D eigenvalue weighted by atomic mass is 16.6. The van der Waals surface area contributed by atoms with Gasteiger partial charge in [0.2, 0.25) is 0 Å². The van der Waals surface area contributed by atoms with Gasteiger partial charge in [-0.25, -0.2) is 4.79 Å². The van der Waals surface area contributed by atoms with E-state index in [1.807, 2.05) is 0 Å². The maximum absolute atomic E-state index is 10.9. The van der Waals surface area contributed by atoms with E-state index in [4.69, 9.17) is 4.42 Å². The van der Waals surface area contributed by atoms with E-state index >= 15 is 0 Å². The fourth-order valence-corrected chi connectivity index (χ4v) is 1.25. The minimum absolute atomic E-state index is 0.225. The van der Waals surface area contributed by atoms with Gasteiger partial charge in [-0.15, -0.1) is 0 Å². The molecule has 1 aromatic heterocycles. The molecule has 1 heterocycles. The van der Waals surface area contributed by atoms with Crippen LogP contribution in [0.15, 0.2) is 39.5 Å². The van der Waals surface area contributed by atoms with Crippen LogP contribution in [0.5, 0.6) is 0 Å². The van der Waals surface area contributed by atoms with Gasteiger partial charge in [0.15, 0.2) is 0 Å². The van der Waals surface area contributed by atoms with Crippen LogP contribution in [0.1, 0.15) is 0 Å². The van der Waals surface area contributed by atoms with Crippen molar-refractivity contribution in [3.8, 4) is 0 Å². The lowest BCUT2D eigenvalue weighted by Gasteiger charge is -1.95. The van der Waals surface area contributed by atoms with E-state index < -0.39 is 10.5 Å². The predicted octanol–water partition coefficient (Wildman–Crippen LogP) is 1.70. The summed E-state index contributed by atoms with van der Waals surface area (Å²) in [6.45, 7) is 0. The molecule has 2 aromatic rings. The first-order valence-corrected chi connectivity index (χ1v) is 3.86. The number of nitro groups is 1. The molecule has 0 saturated carbocycles. The number of hydrogen-bond donors (Lipinski definition) is 0. The van der Waals surface area contributed by atoms with Crippen molar-refractivity contribution in [2.75, 3.05) is 0 Å². The lowest BCUT2D eigenvalue weighted by Crippen LogP contribution is -2.00. The Labute approximate surface area is 77.7 Å². The summed E-state index contributed by atoms with van der Waals surface area (Å²) < 4.78 is 4.79. The van der Waals surface area contributed by atoms with Crippen molar-refractivity contribution in [3.05, 3.63) is 50.9 Å². The molecule has 14 heavy (non-hydrogen) atoms. The largest absolute Gasteiger partial charge is 0.422 e. The second-order valence-corrected chi connectivity index (χ2v) is 2.70. The van der Waals surface area contributed by atoms with Crippen LogP contribution in [0.4, 0.5) is 5.69 Å². The molecule has 1 aromatic carbocycles. The van der Waals surface area contributed by atoms with Crippen molar-refractivity contribution >= 4 is 16.7 Å². The number of rotatable bonds is 1. The monoisotopic (exact) mass is 191 g/mol. The Hall–Kier alpha value is -2.17. The van der Waals surface area contributed by atoms with Crippen molar-refractivity contribution in [3.63, 3.8) is 0 Å². The summed E-state index contributed by atoms with van der Waals surface area (Å²) in [6, 6.07) is 7.23. The first-order valence-electron chi connectivity index (χ1n) is 3.86. The topological polar surface area (TPSA) is 73.3 Å². The summed E-state index contributed by atoms with van der Waals surface area (Å²) >= 11 is 0. The van der Waals surface area contributed by atoms with E-state index in [1.165, 1.54) is 12.1 Å². The number of fused-ring (bicyclic) bond motifs is 1. The highest BCUT2D eigenvalue weighted by molar-refractivity contribution is 5.85. The van der Waals surface area contributed by atoms with E-state index in [-0.39, 0.29) is 11.3 Å². The van der Waals surface area contributed by atoms with E-state index in [0.29, 0.717) is 5.39 Å². The van der Waals surface area contributed by atoms with Crippen LogP contribution < -0.4 is 5.63 Å². The number of benzene rings is 1. The summed E-state index contributed by atoms with van der Waals surface area (Å²) in [5.74, 6) is 0. The summed E-state index contributed by atoms with van der Waals surface area (Å²) in [5.41, 5.74) is -0.709. The molecule has 5 nitrogen and oxygen atoms in total. The van der Waals surface area contributed by atoms with Crippen molar-refractivity contribution in [1.82, 2.24) is 0 Å². The fraction of sp³-hybridized carbons (Fsp3) is 0. The van der Waals surface area contributed by atoms with Crippen LogP contribution in [0.25, 0.3) is 11.0 Å². The van der Waals surface area contributed by atoms with E-state index in [9.17, 15) is 14.9 Å². The van der Waals surface area contributed by atoms with Gasteiger partial charge in [0.1, 0.15) is 11.6 Å². The SMILES string of the molecule is O=c1cc([N+](=O)[O-])c2ccccc2o1. The van der Waals surface area contributed by atoms with Crippen molar-refractivity contribution in [1.29, 1.82) is 0 Å². The molecule has 0 aliphatic carbocycles. The summed E-state index contributed by atoms with van der Waals surface area (Å²) in [6.07, 6.45) is 0. The third-order valence-electron chi connectivity index (χ3n) is 1.82. The molecular formula is C9H5NO4. The standard InChI is InChI=1S/C9H5NO4/c11-9-5-7(10(12)13)6-3-1-2-4-8(6)14-9/h1-5H. The van der Waals surface area contributed by atoms with Crippen LogP contribution in [0.3, 0.4) is 0 Å². The third-order valence-corrected chi connectivity index (χ3v) is 1.82. The van der Waals surface area contributed by atoms with Crippen LogP contribution >= 0.6 is 0 Å². The molecule has 0 atom stereocenters. The minimum atomic E-state index is -0.713. The van der Waals surface area contributed by atoms with Gasteiger partial charge >= 0.3 is 5.63 Å². The van der Waals surface area contributed by atoms with E-state index in [0.717, 1.165) is 6.07 Å². The normalized spacial score (nSPS) is 10.3. The second kappa shape index (κ2) is 2.95. The molecular weight excluding hydrogens is 186 g/mol. The molecule has 0 radical (unpaired) electrons. The van der Waals surface area contributed by atoms with Gasteiger partial charge < -0.3 is 4.42 Å². The van der Waals surface area contributed by atoms with Crippen LogP contribution in [0, 0.1) is 10.1 Å². The Morgan fingerprint density at radius 2 is 2.00 bits per heavy atom. The molecule has 0 aliphatic heterocycles. The Bertz CT molecular complexity index is 558. The molecule has 2 rings (SSSR count). The number of hydrogen-bond acceptors (Lipinski definition) is 4. The zero-order valence-electron chi connectivity index (χ0n) is 6.97. The third kappa shape index (κ3) is 1.24.